The molecule has 0 aromatic heterocycles. The highest BCUT2D eigenvalue weighted by Crippen LogP contribution is 2.28. The second-order valence-electron chi connectivity index (χ2n) is 5.96. The number of hydroxylamine groups is 1. The van der Waals surface area contributed by atoms with Crippen LogP contribution < -0.4 is 11.2 Å². The molecule has 0 aliphatic carbocycles. The highest BCUT2D eigenvalue weighted by Gasteiger charge is 2.46. The van der Waals surface area contributed by atoms with Gasteiger partial charge in [0.15, 0.2) is 12.1 Å². The summed E-state index contributed by atoms with van der Waals surface area (Å²) in [4.78, 5) is 27.5. The van der Waals surface area contributed by atoms with E-state index >= 15 is 0 Å². The van der Waals surface area contributed by atoms with Crippen LogP contribution in [0.15, 0.2) is 29.7 Å². The number of carboxylic acid groups (broad SMARTS) is 1. The number of carbonyl (C=O) groups excluding carboxylic acids is 1. The van der Waals surface area contributed by atoms with Crippen LogP contribution in [0, 0.1) is 0 Å². The second-order valence-corrected chi connectivity index (χ2v) is 5.96. The molecule has 0 amide bonds. The Labute approximate surface area is 154 Å². The van der Waals surface area contributed by atoms with E-state index in [0.29, 0.717) is 0 Å². The molecule has 0 radical (unpaired) electrons. The lowest BCUT2D eigenvalue weighted by Gasteiger charge is -2.30. The number of hydrogen-bond donors (Lipinski definition) is 6. The monoisotopic (exact) mass is 386 g/mol. The smallest absolute Gasteiger partial charge is 0.323 e. The van der Waals surface area contributed by atoms with Gasteiger partial charge >= 0.3 is 11.9 Å². The van der Waals surface area contributed by atoms with Gasteiger partial charge < -0.3 is 35.4 Å². The molecule has 1 fully saturated rings. The lowest BCUT2D eigenvalue weighted by molar-refractivity contribution is -0.152. The minimum Gasteiger partial charge on any atom is -0.481 e. The fourth-order valence-corrected chi connectivity index (χ4v) is 2.53. The van der Waals surface area contributed by atoms with Gasteiger partial charge in [-0.05, 0) is 12.5 Å². The van der Waals surface area contributed by atoms with Crippen molar-refractivity contribution in [2.75, 3.05) is 6.61 Å². The maximum Gasteiger partial charge on any atom is 0.323 e. The van der Waals surface area contributed by atoms with Gasteiger partial charge in [-0.15, -0.1) is 0 Å². The van der Waals surface area contributed by atoms with Crippen molar-refractivity contribution in [1.29, 1.82) is 0 Å². The van der Waals surface area contributed by atoms with E-state index in [9.17, 15) is 19.8 Å². The summed E-state index contributed by atoms with van der Waals surface area (Å²) in [6.07, 6.45) is -2.34. The van der Waals surface area contributed by atoms with Crippen LogP contribution in [0.3, 0.4) is 0 Å². The number of aliphatic hydroxyl groups excluding tert-OH is 2. The summed E-state index contributed by atoms with van der Waals surface area (Å²) in [5, 5.41) is 37.7. The lowest BCUT2D eigenvalue weighted by atomic mass is 10.1. The third-order valence-electron chi connectivity index (χ3n) is 4.03. The van der Waals surface area contributed by atoms with Gasteiger partial charge in [-0.2, -0.15) is 0 Å². The molecule has 12 heteroatoms. The summed E-state index contributed by atoms with van der Waals surface area (Å²) in [5.74, 6) is -1.66. The minimum atomic E-state index is -1.36. The third kappa shape index (κ3) is 5.02. The van der Waals surface area contributed by atoms with Crippen molar-refractivity contribution in [3.63, 3.8) is 0 Å². The predicted molar refractivity (Wildman–Crippen MR) is 89.0 cm³/mol. The number of esters is 1. The molecule has 2 rings (SSSR count). The summed E-state index contributed by atoms with van der Waals surface area (Å²) in [6.45, 7) is 3.28. The molecular weight excluding hydrogens is 364 g/mol. The molecule has 1 saturated heterocycles. The Hall–Kier alpha value is -2.51. The Kier molecular flexibility index (Phi) is 6.87. The van der Waals surface area contributed by atoms with Gasteiger partial charge in [0.25, 0.3) is 0 Å². The van der Waals surface area contributed by atoms with Gasteiger partial charge in [0.1, 0.15) is 36.8 Å². The van der Waals surface area contributed by atoms with Crippen LogP contribution in [0.2, 0.25) is 0 Å². The van der Waals surface area contributed by atoms with Crippen molar-refractivity contribution in [1.82, 2.24) is 10.4 Å². The second kappa shape index (κ2) is 8.92. The summed E-state index contributed by atoms with van der Waals surface area (Å²) < 4.78 is 10.5. The first-order valence-corrected chi connectivity index (χ1v) is 8.04. The molecule has 12 nitrogen and oxygen atoms in total. The number of nitrogens with zero attached hydrogens (tertiary/aromatic N) is 2. The molecule has 0 saturated carbocycles. The Morgan fingerprint density at radius 3 is 2.74 bits per heavy atom. The maximum absolute atomic E-state index is 11.8. The van der Waals surface area contributed by atoms with Gasteiger partial charge in [-0.1, -0.05) is 6.58 Å². The van der Waals surface area contributed by atoms with Crippen molar-refractivity contribution < 1.29 is 39.6 Å². The largest absolute Gasteiger partial charge is 0.481 e. The molecule has 150 valence electrons. The van der Waals surface area contributed by atoms with Gasteiger partial charge in [0.2, 0.25) is 0 Å². The van der Waals surface area contributed by atoms with E-state index in [2.05, 4.69) is 11.6 Å². The first kappa shape index (κ1) is 20.8. The molecule has 0 unspecified atom stereocenters. The van der Waals surface area contributed by atoms with Crippen LogP contribution in [-0.4, -0.2) is 80.4 Å². The normalized spacial score (nSPS) is 28.7. The SMILES string of the molecule is C=C1N=C(NO)C=CN1[C@@H]1O[C@H](COC(=O)[C@H](N)CCC(=O)O)[C@@H](O)[C@H]1O. The molecular formula is C15H22N4O8. The van der Waals surface area contributed by atoms with Crippen molar-refractivity contribution in [2.45, 2.75) is 43.4 Å². The predicted octanol–water partition coefficient (Wildman–Crippen LogP) is -2.15. The molecule has 0 spiro atoms. The van der Waals surface area contributed by atoms with Crippen LogP contribution >= 0.6 is 0 Å². The van der Waals surface area contributed by atoms with Crippen molar-refractivity contribution in [3.05, 3.63) is 24.7 Å². The number of ether oxygens (including phenoxy) is 2. The average Bonchev–Trinajstić information content (AvgIpc) is 2.92. The highest BCUT2D eigenvalue weighted by molar-refractivity contribution is 5.93. The van der Waals surface area contributed by atoms with Gasteiger partial charge in [0.05, 0.1) is 0 Å². The van der Waals surface area contributed by atoms with Crippen molar-refractivity contribution in [2.24, 2.45) is 10.7 Å². The van der Waals surface area contributed by atoms with E-state index in [-0.39, 0.29) is 31.1 Å². The fourth-order valence-electron chi connectivity index (χ4n) is 2.53. The molecule has 2 aliphatic heterocycles. The number of hydrogen-bond acceptors (Lipinski definition) is 11. The summed E-state index contributed by atoms with van der Waals surface area (Å²) >= 11 is 0. The zero-order valence-electron chi connectivity index (χ0n) is 14.3. The van der Waals surface area contributed by atoms with Gasteiger partial charge in [0, 0.05) is 12.6 Å². The lowest BCUT2D eigenvalue weighted by Crippen LogP contribution is -2.42. The van der Waals surface area contributed by atoms with E-state index in [4.69, 9.17) is 25.5 Å². The molecule has 7 N–H and O–H groups in total. The Morgan fingerprint density at radius 1 is 1.44 bits per heavy atom. The fraction of sp³-hybridized carbons (Fsp3) is 0.533. The molecule has 0 aromatic rings. The number of aliphatic carboxylic acids is 1. The number of carboxylic acids is 1. The highest BCUT2D eigenvalue weighted by atomic mass is 16.6. The molecule has 27 heavy (non-hydrogen) atoms. The van der Waals surface area contributed by atoms with Crippen LogP contribution in [0.1, 0.15) is 12.8 Å². The molecule has 2 aliphatic rings. The molecule has 2 heterocycles. The van der Waals surface area contributed by atoms with Gasteiger partial charge in [-0.3, -0.25) is 20.3 Å². The zero-order valence-corrected chi connectivity index (χ0v) is 14.3. The number of aliphatic hydroxyl groups is 2. The zero-order chi connectivity index (χ0) is 20.1. The molecule has 0 bridgehead atoms. The Balaban J connectivity index is 1.90. The quantitative estimate of drug-likeness (QED) is 0.207. The van der Waals surface area contributed by atoms with E-state index in [1.165, 1.54) is 17.2 Å². The van der Waals surface area contributed by atoms with E-state index in [1.807, 2.05) is 5.48 Å². The Morgan fingerprint density at radius 2 is 2.15 bits per heavy atom. The number of amidine groups is 1. The first-order valence-electron chi connectivity index (χ1n) is 8.04. The van der Waals surface area contributed by atoms with Crippen molar-refractivity contribution >= 4 is 17.8 Å². The number of carbonyl (C=O) groups is 2. The standard InChI is InChI=1S/C15H22N4O8/c1-7-17-10(18-25)4-5-19(7)14-13(23)12(22)9(27-14)6-26-15(24)8(16)2-3-11(20)21/h4-5,8-9,12-14,22-23,25H,1-3,6,16H2,(H,17,18)(H,20,21)/t8-,9-,12-,13-,14-/m1/s1. The van der Waals surface area contributed by atoms with Crippen molar-refractivity contribution in [3.8, 4) is 0 Å². The van der Waals surface area contributed by atoms with E-state index < -0.39 is 42.5 Å². The summed E-state index contributed by atoms with van der Waals surface area (Å²) in [5.41, 5.74) is 7.39. The summed E-state index contributed by atoms with van der Waals surface area (Å²) in [7, 11) is 0. The number of nitrogens with two attached hydrogens (primary N) is 1. The summed E-state index contributed by atoms with van der Waals surface area (Å²) in [6, 6.07) is -1.12. The average molecular weight is 386 g/mol. The maximum atomic E-state index is 11.8. The molecule has 5 atom stereocenters. The number of rotatable bonds is 7. The van der Waals surface area contributed by atoms with Crippen LogP contribution in [-0.2, 0) is 19.1 Å². The first-order chi connectivity index (χ1) is 12.7. The van der Waals surface area contributed by atoms with Crippen LogP contribution in [0.5, 0.6) is 0 Å². The van der Waals surface area contributed by atoms with Crippen LogP contribution in [0.25, 0.3) is 0 Å². The van der Waals surface area contributed by atoms with Crippen LogP contribution in [0.4, 0.5) is 0 Å². The van der Waals surface area contributed by atoms with E-state index in [0.717, 1.165) is 0 Å². The number of nitrogens with one attached hydrogen (secondary N) is 1. The minimum absolute atomic E-state index is 0.0921. The van der Waals surface area contributed by atoms with E-state index in [1.54, 1.807) is 0 Å². The third-order valence-corrected chi connectivity index (χ3v) is 4.03. The Bertz CT molecular complexity index is 652. The topological polar surface area (TPSA) is 187 Å². The number of aliphatic imine (C=N–C) groups is 1. The van der Waals surface area contributed by atoms with Gasteiger partial charge in [-0.25, -0.2) is 4.99 Å². The molecule has 0 aromatic carbocycles.